The Morgan fingerprint density at radius 2 is 1.97 bits per heavy atom. The van der Waals surface area contributed by atoms with E-state index < -0.39 is 12.1 Å². The SMILES string of the molecule is CCOc1cc(Br)cc([C@@H]2N(C(C)=O)c3ccccc3-c3c(=O)[nH]c(SCC)n[n+]32)c1OC(C)=O. The highest BCUT2D eigenvalue weighted by atomic mass is 79.9. The first kappa shape index (κ1) is 24.9. The molecule has 0 unspecified atom stereocenters. The third kappa shape index (κ3) is 4.70. The highest BCUT2D eigenvalue weighted by Crippen LogP contribution is 2.44. The van der Waals surface area contributed by atoms with Gasteiger partial charge in [-0.3, -0.25) is 19.4 Å². The van der Waals surface area contributed by atoms with E-state index in [1.165, 1.54) is 30.3 Å². The second kappa shape index (κ2) is 10.2. The predicted octanol–water partition coefficient (Wildman–Crippen LogP) is 3.84. The Bertz CT molecular complexity index is 1380. The van der Waals surface area contributed by atoms with Gasteiger partial charge in [-0.1, -0.05) is 46.7 Å². The molecule has 0 saturated heterocycles. The molecule has 1 aromatic heterocycles. The van der Waals surface area contributed by atoms with E-state index in [0.717, 1.165) is 0 Å². The van der Waals surface area contributed by atoms with E-state index in [-0.39, 0.29) is 22.9 Å². The van der Waals surface area contributed by atoms with E-state index in [2.05, 4.69) is 20.9 Å². The van der Waals surface area contributed by atoms with Crippen LogP contribution in [0.4, 0.5) is 5.69 Å². The zero-order valence-corrected chi connectivity index (χ0v) is 22.0. The van der Waals surface area contributed by atoms with E-state index in [0.29, 0.717) is 44.6 Å². The van der Waals surface area contributed by atoms with Gasteiger partial charge in [-0.2, -0.15) is 0 Å². The molecule has 3 aromatic rings. The van der Waals surface area contributed by atoms with Crippen molar-refractivity contribution < 1.29 is 23.7 Å². The van der Waals surface area contributed by atoms with Crippen LogP contribution in [0.2, 0.25) is 0 Å². The number of carbonyl (C=O) groups excluding carboxylic acids is 2. The highest BCUT2D eigenvalue weighted by Gasteiger charge is 2.47. The first-order chi connectivity index (χ1) is 16.8. The number of halogens is 1. The lowest BCUT2D eigenvalue weighted by atomic mass is 10.0. The van der Waals surface area contributed by atoms with Crippen LogP contribution in [0.5, 0.6) is 11.5 Å². The zero-order chi connectivity index (χ0) is 25.3. The topological polar surface area (TPSA) is 105 Å². The Kier molecular flexibility index (Phi) is 7.27. The van der Waals surface area contributed by atoms with E-state index >= 15 is 0 Å². The number of esters is 1. The number of hydrogen-bond acceptors (Lipinski definition) is 7. The Hall–Kier alpha value is -3.18. The predicted molar refractivity (Wildman–Crippen MR) is 135 cm³/mol. The number of aromatic nitrogens is 3. The molecule has 11 heteroatoms. The van der Waals surface area contributed by atoms with Crippen molar-refractivity contribution in [3.8, 4) is 22.8 Å². The number of anilines is 1. The summed E-state index contributed by atoms with van der Waals surface area (Å²) in [5.41, 5.74) is 1.48. The number of rotatable bonds is 6. The van der Waals surface area contributed by atoms with Crippen molar-refractivity contribution in [2.75, 3.05) is 17.3 Å². The van der Waals surface area contributed by atoms with Crippen molar-refractivity contribution in [2.45, 2.75) is 39.0 Å². The third-order valence-corrected chi connectivity index (χ3v) is 6.45. The third-order valence-electron chi connectivity index (χ3n) is 5.25. The van der Waals surface area contributed by atoms with Crippen molar-refractivity contribution in [1.29, 1.82) is 0 Å². The number of nitrogens with zero attached hydrogens (tertiary/aromatic N) is 3. The maximum absolute atomic E-state index is 13.3. The highest BCUT2D eigenvalue weighted by molar-refractivity contribution is 9.10. The molecular formula is C24H24BrN4O5S+. The number of carbonyl (C=O) groups is 2. The lowest BCUT2D eigenvalue weighted by Crippen LogP contribution is -2.60. The van der Waals surface area contributed by atoms with Crippen LogP contribution in [-0.2, 0) is 9.59 Å². The number of hydrogen-bond donors (Lipinski definition) is 1. The average molecular weight is 560 g/mol. The number of aromatic amines is 1. The van der Waals surface area contributed by atoms with Crippen LogP contribution in [0.1, 0.15) is 39.4 Å². The average Bonchev–Trinajstić information content (AvgIpc) is 2.79. The van der Waals surface area contributed by atoms with Crippen molar-refractivity contribution in [3.05, 3.63) is 56.8 Å². The van der Waals surface area contributed by atoms with Gasteiger partial charge in [0.15, 0.2) is 11.5 Å². The maximum atomic E-state index is 13.3. The smallest absolute Gasteiger partial charge is 0.325 e. The largest absolute Gasteiger partial charge is 0.490 e. The Morgan fingerprint density at radius 3 is 2.63 bits per heavy atom. The van der Waals surface area contributed by atoms with E-state index in [1.54, 1.807) is 41.3 Å². The van der Waals surface area contributed by atoms with E-state index in [1.807, 2.05) is 13.8 Å². The molecule has 0 bridgehead atoms. The number of amides is 1. The number of H-pyrrole nitrogens is 1. The molecular weight excluding hydrogens is 536 g/mol. The zero-order valence-electron chi connectivity index (χ0n) is 19.6. The number of para-hydroxylation sites is 1. The summed E-state index contributed by atoms with van der Waals surface area (Å²) in [6.45, 7) is 6.83. The van der Waals surface area contributed by atoms with Gasteiger partial charge in [0.1, 0.15) is 0 Å². The van der Waals surface area contributed by atoms with Crippen LogP contribution >= 0.6 is 27.7 Å². The monoisotopic (exact) mass is 559 g/mol. The van der Waals surface area contributed by atoms with Crippen molar-refractivity contribution in [3.63, 3.8) is 0 Å². The minimum atomic E-state index is -0.929. The second-order valence-corrected chi connectivity index (χ2v) is 9.78. The van der Waals surface area contributed by atoms with Gasteiger partial charge in [-0.15, -0.1) is 0 Å². The molecule has 1 N–H and O–H groups in total. The molecule has 2 aromatic carbocycles. The molecule has 1 atom stereocenters. The van der Waals surface area contributed by atoms with Gasteiger partial charge in [-0.05, 0) is 41.6 Å². The number of ether oxygens (including phenoxy) is 2. The van der Waals surface area contributed by atoms with Crippen LogP contribution in [-0.4, -0.2) is 34.3 Å². The number of benzene rings is 2. The summed E-state index contributed by atoms with van der Waals surface area (Å²) in [5, 5.41) is 5.12. The molecule has 0 saturated carbocycles. The lowest BCUT2D eigenvalue weighted by Gasteiger charge is -2.32. The van der Waals surface area contributed by atoms with Crippen LogP contribution in [0, 0.1) is 0 Å². The lowest BCUT2D eigenvalue weighted by molar-refractivity contribution is -0.763. The Morgan fingerprint density at radius 1 is 1.23 bits per heavy atom. The first-order valence-electron chi connectivity index (χ1n) is 11.0. The summed E-state index contributed by atoms with van der Waals surface area (Å²) in [7, 11) is 0. The maximum Gasteiger partial charge on any atom is 0.325 e. The Labute approximate surface area is 214 Å². The van der Waals surface area contributed by atoms with Crippen molar-refractivity contribution in [1.82, 2.24) is 10.1 Å². The van der Waals surface area contributed by atoms with E-state index in [4.69, 9.17) is 14.6 Å². The molecule has 35 heavy (non-hydrogen) atoms. The second-order valence-electron chi connectivity index (χ2n) is 7.61. The first-order valence-corrected chi connectivity index (χ1v) is 12.8. The Balaban J connectivity index is 2.12. The summed E-state index contributed by atoms with van der Waals surface area (Å²) >= 11 is 4.88. The minimum absolute atomic E-state index is 0.156. The molecule has 2 heterocycles. The van der Waals surface area contributed by atoms with Gasteiger partial charge in [0.05, 0.1) is 23.4 Å². The van der Waals surface area contributed by atoms with Crippen molar-refractivity contribution in [2.24, 2.45) is 0 Å². The summed E-state index contributed by atoms with van der Waals surface area (Å²) in [6, 6.07) is 10.6. The van der Waals surface area contributed by atoms with Gasteiger partial charge < -0.3 is 9.47 Å². The van der Waals surface area contributed by atoms with Crippen molar-refractivity contribution >= 4 is 45.3 Å². The van der Waals surface area contributed by atoms with Gasteiger partial charge in [0.25, 0.3) is 6.17 Å². The molecule has 0 spiro atoms. The number of fused-ring (bicyclic) bond motifs is 3. The number of thioether (sulfide) groups is 1. The van der Waals surface area contributed by atoms with Gasteiger partial charge >= 0.3 is 17.2 Å². The molecule has 1 aliphatic heterocycles. The molecule has 9 nitrogen and oxygen atoms in total. The normalized spacial score (nSPS) is 14.2. The van der Waals surface area contributed by atoms with Gasteiger partial charge in [0, 0.05) is 23.4 Å². The van der Waals surface area contributed by atoms with E-state index in [9.17, 15) is 14.4 Å². The quantitative estimate of drug-likeness (QED) is 0.212. The summed E-state index contributed by atoms with van der Waals surface area (Å²) in [4.78, 5) is 42.9. The molecule has 182 valence electrons. The van der Waals surface area contributed by atoms with Crippen LogP contribution in [0.3, 0.4) is 0 Å². The minimum Gasteiger partial charge on any atom is -0.490 e. The standard InChI is InChI=1S/C24H23BrN4O5S/c1-5-33-19-12-15(25)11-17(21(19)34-14(4)31)23-28(13(3)30)18-10-8-7-9-16(18)20-22(32)26-24(35-6-2)27-29(20)23/h7-12,23H,5-6H2,1-4H3/p+1/t23-/m1/s1. The summed E-state index contributed by atoms with van der Waals surface area (Å²) in [6.07, 6.45) is -0.929. The molecule has 0 fully saturated rings. The number of nitrogens with one attached hydrogen (secondary N) is 1. The van der Waals surface area contributed by atoms with Crippen LogP contribution in [0.25, 0.3) is 11.3 Å². The molecule has 1 aliphatic rings. The van der Waals surface area contributed by atoms with Crippen LogP contribution in [0.15, 0.2) is 50.8 Å². The fourth-order valence-corrected chi connectivity index (χ4v) is 5.13. The summed E-state index contributed by atoms with van der Waals surface area (Å²) < 4.78 is 13.6. The molecule has 0 aliphatic carbocycles. The molecule has 4 rings (SSSR count). The molecule has 0 radical (unpaired) electrons. The molecule has 1 amide bonds. The summed E-state index contributed by atoms with van der Waals surface area (Å²) in [5.74, 6) is 0.336. The van der Waals surface area contributed by atoms with Gasteiger partial charge in [-0.25, -0.2) is 4.90 Å². The van der Waals surface area contributed by atoms with Gasteiger partial charge in [0.2, 0.25) is 11.1 Å². The fraction of sp³-hybridized carbons (Fsp3) is 0.292. The fourth-order valence-electron chi connectivity index (χ4n) is 4.09. The van der Waals surface area contributed by atoms with Crippen LogP contribution < -0.4 is 24.6 Å².